The zero-order valence-electron chi connectivity index (χ0n) is 26.9. The van der Waals surface area contributed by atoms with Gasteiger partial charge in [0.05, 0.1) is 23.8 Å². The van der Waals surface area contributed by atoms with Crippen LogP contribution < -0.4 is 10.6 Å². The number of piperazine rings is 1. The van der Waals surface area contributed by atoms with Gasteiger partial charge in [0.25, 0.3) is 11.8 Å². The molecule has 1 heterocycles. The number of halogens is 2. The predicted octanol–water partition coefficient (Wildman–Crippen LogP) is 4.11. The molecule has 4 rings (SSSR count). The number of aliphatic hydroxyl groups is 1. The van der Waals surface area contributed by atoms with Gasteiger partial charge in [0.15, 0.2) is 0 Å². The molecule has 9 nitrogen and oxygen atoms in total. The number of hydrogen-bond donors (Lipinski definition) is 3. The van der Waals surface area contributed by atoms with E-state index < -0.39 is 41.6 Å². The van der Waals surface area contributed by atoms with Crippen LogP contribution in [0.3, 0.4) is 0 Å². The SMILES string of the molecule is CCCN(CCC)C(=O)c1cc(C)cc(C(=O)N[C@@H](Cc2cc(F)cc(F)c2)[C@H](O)C2NCCN(Cc3cccc(C#N)c3)C2=O)c1. The van der Waals surface area contributed by atoms with Gasteiger partial charge in [-0.05, 0) is 85.3 Å². The maximum Gasteiger partial charge on any atom is 0.253 e. The first-order valence-corrected chi connectivity index (χ1v) is 15.9. The minimum Gasteiger partial charge on any atom is -0.389 e. The summed E-state index contributed by atoms with van der Waals surface area (Å²) in [6.45, 7) is 7.78. The first-order chi connectivity index (χ1) is 22.5. The van der Waals surface area contributed by atoms with E-state index in [2.05, 4.69) is 16.7 Å². The standard InChI is InChI=1S/C36H41F2N5O4/c1-4-10-42(11-5-2)35(46)28-14-23(3)13-27(19-28)34(45)41-31(18-26-16-29(37)20-30(38)17-26)33(44)32-36(47)43(12-9-40-32)22-25-8-6-7-24(15-25)21-39/h6-8,13-17,19-20,31-33,40,44H,4-5,9-12,18,22H2,1-3H3,(H,41,45)/t31-,32?,33-/m0/s1. The lowest BCUT2D eigenvalue weighted by Crippen LogP contribution is -2.63. The van der Waals surface area contributed by atoms with Crippen LogP contribution in [0.5, 0.6) is 0 Å². The number of aryl methyl sites for hydroxylation is 1. The normalized spacial score (nSPS) is 15.9. The predicted molar refractivity (Wildman–Crippen MR) is 173 cm³/mol. The number of aliphatic hydroxyl groups excluding tert-OH is 1. The minimum atomic E-state index is -1.50. The van der Waals surface area contributed by atoms with Crippen LogP contribution in [0.2, 0.25) is 0 Å². The van der Waals surface area contributed by atoms with Gasteiger partial charge in [0.2, 0.25) is 5.91 Å². The van der Waals surface area contributed by atoms with Crippen LogP contribution >= 0.6 is 0 Å². The fraction of sp³-hybridized carbons (Fsp3) is 0.389. The first kappa shape index (κ1) is 35.2. The number of nitrogens with zero attached hydrogens (tertiary/aromatic N) is 3. The highest BCUT2D eigenvalue weighted by Crippen LogP contribution is 2.19. The van der Waals surface area contributed by atoms with Crippen molar-refractivity contribution in [2.75, 3.05) is 26.2 Å². The number of amides is 3. The zero-order valence-corrected chi connectivity index (χ0v) is 26.9. The monoisotopic (exact) mass is 645 g/mol. The van der Waals surface area contributed by atoms with Crippen molar-refractivity contribution in [1.82, 2.24) is 20.4 Å². The second kappa shape index (κ2) is 16.3. The molecule has 0 spiro atoms. The molecular weight excluding hydrogens is 604 g/mol. The van der Waals surface area contributed by atoms with Crippen LogP contribution in [-0.2, 0) is 17.8 Å². The summed E-state index contributed by atoms with van der Waals surface area (Å²) in [6.07, 6.45) is -0.122. The molecule has 3 N–H and O–H groups in total. The largest absolute Gasteiger partial charge is 0.389 e. The number of nitrogens with one attached hydrogen (secondary N) is 2. The molecule has 1 aliphatic heterocycles. The van der Waals surface area contributed by atoms with Crippen LogP contribution in [-0.4, -0.2) is 77.0 Å². The zero-order chi connectivity index (χ0) is 34.1. The van der Waals surface area contributed by atoms with Gasteiger partial charge < -0.3 is 25.5 Å². The van der Waals surface area contributed by atoms with E-state index in [9.17, 15) is 33.5 Å². The highest BCUT2D eigenvalue weighted by atomic mass is 19.1. The quantitative estimate of drug-likeness (QED) is 0.257. The molecule has 3 aromatic carbocycles. The molecule has 1 saturated heterocycles. The maximum absolute atomic E-state index is 14.2. The lowest BCUT2D eigenvalue weighted by molar-refractivity contribution is -0.140. The molecule has 3 aromatic rings. The van der Waals surface area contributed by atoms with Crippen molar-refractivity contribution in [1.29, 1.82) is 5.26 Å². The number of rotatable bonds is 13. The summed E-state index contributed by atoms with van der Waals surface area (Å²) < 4.78 is 28.3. The van der Waals surface area contributed by atoms with Gasteiger partial charge in [-0.3, -0.25) is 14.4 Å². The fourth-order valence-corrected chi connectivity index (χ4v) is 5.93. The van der Waals surface area contributed by atoms with Gasteiger partial charge in [-0.2, -0.15) is 5.26 Å². The summed E-state index contributed by atoms with van der Waals surface area (Å²) in [6, 6.07) is 14.4. The van der Waals surface area contributed by atoms with Crippen molar-refractivity contribution in [3.63, 3.8) is 0 Å². The maximum atomic E-state index is 14.2. The van der Waals surface area contributed by atoms with E-state index in [0.29, 0.717) is 42.9 Å². The van der Waals surface area contributed by atoms with Crippen LogP contribution in [0.4, 0.5) is 8.78 Å². The molecule has 1 fully saturated rings. The third-order valence-electron chi connectivity index (χ3n) is 8.06. The lowest BCUT2D eigenvalue weighted by atomic mass is 9.93. The van der Waals surface area contributed by atoms with Gasteiger partial charge in [-0.15, -0.1) is 0 Å². The van der Waals surface area contributed by atoms with E-state index >= 15 is 0 Å². The number of carbonyl (C=O) groups excluding carboxylic acids is 3. The van der Waals surface area contributed by atoms with Crippen LogP contribution in [0.25, 0.3) is 0 Å². The Hall–Kier alpha value is -4.66. The summed E-state index contributed by atoms with van der Waals surface area (Å²) in [4.78, 5) is 44.0. The molecule has 0 bridgehead atoms. The molecule has 0 radical (unpaired) electrons. The molecular formula is C36H41F2N5O4. The van der Waals surface area contributed by atoms with Crippen LogP contribution in [0, 0.1) is 29.9 Å². The highest BCUT2D eigenvalue weighted by molar-refractivity contribution is 6.00. The van der Waals surface area contributed by atoms with Gasteiger partial charge in [0, 0.05) is 49.9 Å². The van der Waals surface area contributed by atoms with E-state index in [1.807, 2.05) is 13.8 Å². The molecule has 0 aliphatic carbocycles. The molecule has 1 unspecified atom stereocenters. The van der Waals surface area contributed by atoms with Crippen molar-refractivity contribution in [2.45, 2.75) is 64.8 Å². The Kier molecular flexibility index (Phi) is 12.2. The molecule has 1 aliphatic rings. The molecule has 47 heavy (non-hydrogen) atoms. The van der Waals surface area contributed by atoms with Crippen LogP contribution in [0.15, 0.2) is 60.7 Å². The smallest absolute Gasteiger partial charge is 0.253 e. The number of benzene rings is 3. The van der Waals surface area contributed by atoms with Gasteiger partial charge in [-0.1, -0.05) is 26.0 Å². The Bertz CT molecular complexity index is 1620. The molecule has 0 saturated carbocycles. The average molecular weight is 646 g/mol. The molecule has 11 heteroatoms. The third-order valence-corrected chi connectivity index (χ3v) is 8.06. The number of carbonyl (C=O) groups is 3. The Morgan fingerprint density at radius 2 is 1.72 bits per heavy atom. The topological polar surface area (TPSA) is 126 Å². The van der Waals surface area contributed by atoms with Gasteiger partial charge >= 0.3 is 0 Å². The van der Waals surface area contributed by atoms with E-state index in [1.165, 1.54) is 6.07 Å². The summed E-state index contributed by atoms with van der Waals surface area (Å²) in [5, 5.41) is 26.7. The van der Waals surface area contributed by atoms with Crippen molar-refractivity contribution >= 4 is 17.7 Å². The van der Waals surface area contributed by atoms with E-state index in [4.69, 9.17) is 0 Å². The van der Waals surface area contributed by atoms with Crippen LogP contribution in [0.1, 0.15) is 69.7 Å². The van der Waals surface area contributed by atoms with Crippen molar-refractivity contribution in [3.8, 4) is 6.07 Å². The van der Waals surface area contributed by atoms with E-state index in [1.54, 1.807) is 53.1 Å². The molecule has 248 valence electrons. The van der Waals surface area contributed by atoms with Crippen molar-refractivity contribution in [2.24, 2.45) is 0 Å². The van der Waals surface area contributed by atoms with E-state index in [-0.39, 0.29) is 30.0 Å². The van der Waals surface area contributed by atoms with Gasteiger partial charge in [0.1, 0.15) is 17.7 Å². The first-order valence-electron chi connectivity index (χ1n) is 15.9. The van der Waals surface area contributed by atoms with E-state index in [0.717, 1.165) is 36.6 Å². The summed E-state index contributed by atoms with van der Waals surface area (Å²) in [7, 11) is 0. The summed E-state index contributed by atoms with van der Waals surface area (Å²) >= 11 is 0. The Labute approximate surface area is 274 Å². The number of hydrogen-bond acceptors (Lipinski definition) is 6. The third kappa shape index (κ3) is 9.21. The molecule has 3 amide bonds. The minimum absolute atomic E-state index is 0.172. The Morgan fingerprint density at radius 1 is 1.04 bits per heavy atom. The molecule has 0 aromatic heterocycles. The average Bonchev–Trinajstić information content (AvgIpc) is 3.04. The summed E-state index contributed by atoms with van der Waals surface area (Å²) in [5.41, 5.74) is 2.58. The summed E-state index contributed by atoms with van der Waals surface area (Å²) in [5.74, 6) is -2.87. The molecule has 3 atom stereocenters. The highest BCUT2D eigenvalue weighted by Gasteiger charge is 2.38. The second-order valence-electron chi connectivity index (χ2n) is 11.9. The Morgan fingerprint density at radius 3 is 2.38 bits per heavy atom. The second-order valence-corrected chi connectivity index (χ2v) is 11.9. The van der Waals surface area contributed by atoms with Crippen molar-refractivity contribution < 1.29 is 28.3 Å². The van der Waals surface area contributed by atoms with Crippen molar-refractivity contribution in [3.05, 3.63) is 106 Å². The lowest BCUT2D eigenvalue weighted by Gasteiger charge is -2.38. The fourth-order valence-electron chi connectivity index (χ4n) is 5.93. The Balaban J connectivity index is 1.61. The number of nitriles is 1. The van der Waals surface area contributed by atoms with Gasteiger partial charge in [-0.25, -0.2) is 8.78 Å².